The van der Waals surface area contributed by atoms with Crippen LogP contribution in [0.15, 0.2) is 77.7 Å². The number of ether oxygens (including phenoxy) is 2. The first-order valence-corrected chi connectivity index (χ1v) is 11.0. The molecule has 0 heterocycles. The van der Waals surface area contributed by atoms with Gasteiger partial charge in [0.15, 0.2) is 11.5 Å². The van der Waals surface area contributed by atoms with E-state index in [1.54, 1.807) is 42.5 Å². The van der Waals surface area contributed by atoms with Crippen LogP contribution in [-0.4, -0.2) is 35.1 Å². The van der Waals surface area contributed by atoms with Crippen LogP contribution in [0.5, 0.6) is 11.5 Å². The normalized spacial score (nSPS) is 10.9. The second-order valence-corrected chi connectivity index (χ2v) is 8.64. The SMILES string of the molecule is COc1ccc(N(CC(=O)Nc2ccc(C)cc2)S(=O)(=O)c2ccccc2)cc1OC. The van der Waals surface area contributed by atoms with E-state index in [0.717, 1.165) is 9.87 Å². The molecule has 0 radical (unpaired) electrons. The van der Waals surface area contributed by atoms with E-state index in [1.807, 2.05) is 19.1 Å². The number of amides is 1. The highest BCUT2D eigenvalue weighted by molar-refractivity contribution is 7.92. The fourth-order valence-electron chi connectivity index (χ4n) is 2.98. The summed E-state index contributed by atoms with van der Waals surface area (Å²) < 4.78 is 38.4. The summed E-state index contributed by atoms with van der Waals surface area (Å²) in [6, 6.07) is 19.9. The second kappa shape index (κ2) is 9.53. The van der Waals surface area contributed by atoms with Gasteiger partial charge < -0.3 is 14.8 Å². The third-order valence-electron chi connectivity index (χ3n) is 4.61. The van der Waals surface area contributed by atoms with Gasteiger partial charge in [-0.15, -0.1) is 0 Å². The number of nitrogens with one attached hydrogen (secondary N) is 1. The van der Waals surface area contributed by atoms with Crippen molar-refractivity contribution in [1.29, 1.82) is 0 Å². The zero-order chi connectivity index (χ0) is 22.4. The number of hydrogen-bond donors (Lipinski definition) is 1. The first-order valence-electron chi connectivity index (χ1n) is 9.51. The van der Waals surface area contributed by atoms with Crippen LogP contribution in [0.25, 0.3) is 0 Å². The smallest absolute Gasteiger partial charge is 0.264 e. The van der Waals surface area contributed by atoms with Crippen molar-refractivity contribution in [1.82, 2.24) is 0 Å². The highest BCUT2D eigenvalue weighted by Gasteiger charge is 2.28. The van der Waals surface area contributed by atoms with Gasteiger partial charge in [-0.3, -0.25) is 9.10 Å². The second-order valence-electron chi connectivity index (χ2n) is 6.78. The zero-order valence-electron chi connectivity index (χ0n) is 17.5. The van der Waals surface area contributed by atoms with Crippen LogP contribution < -0.4 is 19.1 Å². The van der Waals surface area contributed by atoms with Gasteiger partial charge in [0.1, 0.15) is 6.54 Å². The molecule has 3 rings (SSSR count). The van der Waals surface area contributed by atoms with Crippen molar-refractivity contribution in [3.05, 3.63) is 78.4 Å². The van der Waals surface area contributed by atoms with Gasteiger partial charge in [0.05, 0.1) is 24.8 Å². The van der Waals surface area contributed by atoms with Gasteiger partial charge in [-0.1, -0.05) is 35.9 Å². The van der Waals surface area contributed by atoms with E-state index >= 15 is 0 Å². The Morgan fingerprint density at radius 1 is 0.903 bits per heavy atom. The first kappa shape index (κ1) is 22.2. The Morgan fingerprint density at radius 3 is 2.16 bits per heavy atom. The number of benzene rings is 3. The van der Waals surface area contributed by atoms with E-state index in [9.17, 15) is 13.2 Å². The molecular formula is C23H24N2O5S. The predicted octanol–water partition coefficient (Wildman–Crippen LogP) is 3.85. The molecule has 1 N–H and O–H groups in total. The Kier molecular flexibility index (Phi) is 6.81. The molecule has 0 spiro atoms. The standard InChI is InChI=1S/C23H24N2O5S/c1-17-9-11-18(12-10-17)24-23(26)16-25(31(27,28)20-7-5-4-6-8-20)19-13-14-21(29-2)22(15-19)30-3/h4-15H,16H2,1-3H3,(H,24,26). The van der Waals surface area contributed by atoms with Crippen LogP contribution in [0.4, 0.5) is 11.4 Å². The van der Waals surface area contributed by atoms with Crippen LogP contribution in [0, 0.1) is 6.92 Å². The Bertz CT molecular complexity index is 1150. The van der Waals surface area contributed by atoms with Crippen molar-refractivity contribution in [2.45, 2.75) is 11.8 Å². The van der Waals surface area contributed by atoms with Crippen LogP contribution in [0.1, 0.15) is 5.56 Å². The quantitative estimate of drug-likeness (QED) is 0.575. The van der Waals surface area contributed by atoms with E-state index in [1.165, 1.54) is 32.4 Å². The number of anilines is 2. The van der Waals surface area contributed by atoms with Gasteiger partial charge >= 0.3 is 0 Å². The molecule has 0 saturated carbocycles. The lowest BCUT2D eigenvalue weighted by Gasteiger charge is -2.25. The Balaban J connectivity index is 1.98. The average molecular weight is 441 g/mol. The molecule has 31 heavy (non-hydrogen) atoms. The minimum atomic E-state index is -4.02. The molecule has 0 atom stereocenters. The minimum absolute atomic E-state index is 0.0768. The van der Waals surface area contributed by atoms with Gasteiger partial charge in [-0.2, -0.15) is 0 Å². The summed E-state index contributed by atoms with van der Waals surface area (Å²) in [5, 5.41) is 2.74. The number of rotatable bonds is 8. The fourth-order valence-corrected chi connectivity index (χ4v) is 4.42. The third-order valence-corrected chi connectivity index (χ3v) is 6.40. The van der Waals surface area contributed by atoms with Gasteiger partial charge in [-0.05, 0) is 43.3 Å². The van der Waals surface area contributed by atoms with Crippen molar-refractivity contribution < 1.29 is 22.7 Å². The lowest BCUT2D eigenvalue weighted by molar-refractivity contribution is -0.114. The summed E-state index contributed by atoms with van der Waals surface area (Å²) in [7, 11) is -1.07. The Hall–Kier alpha value is -3.52. The van der Waals surface area contributed by atoms with Crippen LogP contribution >= 0.6 is 0 Å². The number of carbonyl (C=O) groups excluding carboxylic acids is 1. The maximum Gasteiger partial charge on any atom is 0.264 e. The van der Waals surface area contributed by atoms with E-state index in [2.05, 4.69) is 5.32 Å². The molecule has 0 aliphatic heterocycles. The molecule has 1 amide bonds. The molecular weight excluding hydrogens is 416 g/mol. The number of methoxy groups -OCH3 is 2. The third kappa shape index (κ3) is 5.16. The van der Waals surface area contributed by atoms with Crippen molar-refractivity contribution >= 4 is 27.3 Å². The van der Waals surface area contributed by atoms with Gasteiger partial charge in [0.25, 0.3) is 10.0 Å². The van der Waals surface area contributed by atoms with Crippen molar-refractivity contribution in [2.24, 2.45) is 0 Å². The summed E-state index contributed by atoms with van der Waals surface area (Å²) in [4.78, 5) is 12.8. The lowest BCUT2D eigenvalue weighted by Crippen LogP contribution is -2.38. The maximum absolute atomic E-state index is 13.4. The molecule has 7 nitrogen and oxygen atoms in total. The van der Waals surface area contributed by atoms with E-state index in [4.69, 9.17) is 9.47 Å². The van der Waals surface area contributed by atoms with Crippen LogP contribution in [0.2, 0.25) is 0 Å². The predicted molar refractivity (Wildman–Crippen MR) is 120 cm³/mol. The molecule has 0 saturated heterocycles. The number of hydrogen-bond acceptors (Lipinski definition) is 5. The number of aryl methyl sites for hydroxylation is 1. The maximum atomic E-state index is 13.4. The van der Waals surface area contributed by atoms with Crippen molar-refractivity contribution in [3.63, 3.8) is 0 Å². The first-order chi connectivity index (χ1) is 14.8. The summed E-state index contributed by atoms with van der Waals surface area (Å²) in [6.07, 6.45) is 0. The van der Waals surface area contributed by atoms with Gasteiger partial charge in [0.2, 0.25) is 5.91 Å². The zero-order valence-corrected chi connectivity index (χ0v) is 18.3. The molecule has 0 fully saturated rings. The molecule has 3 aromatic carbocycles. The minimum Gasteiger partial charge on any atom is -0.493 e. The summed E-state index contributed by atoms with van der Waals surface area (Å²) in [5.41, 5.74) is 1.91. The topological polar surface area (TPSA) is 84.9 Å². The fraction of sp³-hybridized carbons (Fsp3) is 0.174. The molecule has 3 aromatic rings. The van der Waals surface area contributed by atoms with E-state index in [-0.39, 0.29) is 10.6 Å². The molecule has 0 aromatic heterocycles. The van der Waals surface area contributed by atoms with Gasteiger partial charge in [0, 0.05) is 11.8 Å². The molecule has 162 valence electrons. The molecule has 0 aliphatic rings. The van der Waals surface area contributed by atoms with Gasteiger partial charge in [-0.25, -0.2) is 8.42 Å². The molecule has 0 unspecified atom stereocenters. The molecule has 0 bridgehead atoms. The number of nitrogens with zero attached hydrogens (tertiary/aromatic N) is 1. The highest BCUT2D eigenvalue weighted by Crippen LogP contribution is 2.33. The largest absolute Gasteiger partial charge is 0.493 e. The summed E-state index contributed by atoms with van der Waals surface area (Å²) in [5.74, 6) is 0.331. The molecule has 0 aliphatic carbocycles. The highest BCUT2D eigenvalue weighted by atomic mass is 32.2. The van der Waals surface area contributed by atoms with E-state index in [0.29, 0.717) is 17.2 Å². The number of sulfonamides is 1. The number of carbonyl (C=O) groups is 1. The van der Waals surface area contributed by atoms with E-state index < -0.39 is 22.5 Å². The van der Waals surface area contributed by atoms with Crippen LogP contribution in [-0.2, 0) is 14.8 Å². The average Bonchev–Trinajstić information content (AvgIpc) is 2.79. The van der Waals surface area contributed by atoms with Crippen molar-refractivity contribution in [2.75, 3.05) is 30.4 Å². The monoisotopic (exact) mass is 440 g/mol. The van der Waals surface area contributed by atoms with Crippen molar-refractivity contribution in [3.8, 4) is 11.5 Å². The Labute approximate surface area is 182 Å². The summed E-state index contributed by atoms with van der Waals surface area (Å²) >= 11 is 0. The molecule has 8 heteroatoms. The lowest BCUT2D eigenvalue weighted by atomic mass is 10.2. The van der Waals surface area contributed by atoms with Crippen LogP contribution in [0.3, 0.4) is 0 Å². The Morgan fingerprint density at radius 2 is 1.55 bits per heavy atom. The summed E-state index contributed by atoms with van der Waals surface area (Å²) in [6.45, 7) is 1.53.